The maximum atomic E-state index is 12.7. The Labute approximate surface area is 116 Å². The van der Waals surface area contributed by atoms with Crippen molar-refractivity contribution in [1.82, 2.24) is 4.98 Å². The van der Waals surface area contributed by atoms with Gasteiger partial charge in [-0.1, -0.05) is 26.2 Å². The first kappa shape index (κ1) is 14.9. The molecule has 1 aromatic rings. The Hall–Kier alpha value is -1.46. The number of hydrogen-bond donors (Lipinski definition) is 2. The minimum absolute atomic E-state index is 0.112. The second kappa shape index (κ2) is 5.89. The number of anilines is 2. The summed E-state index contributed by atoms with van der Waals surface area (Å²) in [4.78, 5) is 3.92. The van der Waals surface area contributed by atoms with Gasteiger partial charge in [-0.2, -0.15) is 13.2 Å². The van der Waals surface area contributed by atoms with E-state index in [1.165, 1.54) is 19.3 Å². The van der Waals surface area contributed by atoms with Gasteiger partial charge >= 0.3 is 6.18 Å². The maximum Gasteiger partial charge on any atom is 0.416 e. The summed E-state index contributed by atoms with van der Waals surface area (Å²) in [5.74, 6) is 1.18. The van der Waals surface area contributed by atoms with Crippen molar-refractivity contribution in [3.8, 4) is 0 Å². The Kier molecular flexibility index (Phi) is 4.40. The molecule has 0 aliphatic heterocycles. The summed E-state index contributed by atoms with van der Waals surface area (Å²) in [5.41, 5.74) is 4.68. The molecule has 6 heteroatoms. The van der Waals surface area contributed by atoms with Crippen molar-refractivity contribution < 1.29 is 13.2 Å². The number of nitrogens with two attached hydrogens (primary N) is 1. The van der Waals surface area contributed by atoms with E-state index < -0.39 is 11.7 Å². The molecule has 1 saturated carbocycles. The van der Waals surface area contributed by atoms with E-state index >= 15 is 0 Å². The normalized spacial score (nSPS) is 23.6. The summed E-state index contributed by atoms with van der Waals surface area (Å²) < 4.78 is 38.1. The van der Waals surface area contributed by atoms with Crippen LogP contribution in [0.3, 0.4) is 0 Å². The molecule has 0 aromatic carbocycles. The van der Waals surface area contributed by atoms with Crippen LogP contribution in [0.15, 0.2) is 12.1 Å². The lowest BCUT2D eigenvalue weighted by atomic mass is 9.80. The van der Waals surface area contributed by atoms with Gasteiger partial charge in [0.15, 0.2) is 0 Å². The van der Waals surface area contributed by atoms with E-state index in [0.717, 1.165) is 18.6 Å². The second-order valence-electron chi connectivity index (χ2n) is 5.57. The van der Waals surface area contributed by atoms with Gasteiger partial charge < -0.3 is 11.1 Å². The number of hydrogen-bond acceptors (Lipinski definition) is 3. The molecule has 3 N–H and O–H groups in total. The van der Waals surface area contributed by atoms with Gasteiger partial charge in [0.2, 0.25) is 0 Å². The molecule has 0 bridgehead atoms. The molecule has 1 aliphatic carbocycles. The number of halogens is 3. The summed E-state index contributed by atoms with van der Waals surface area (Å²) >= 11 is 0. The van der Waals surface area contributed by atoms with E-state index in [4.69, 9.17) is 5.73 Å². The summed E-state index contributed by atoms with van der Waals surface area (Å²) in [6, 6.07) is 1.87. The molecule has 112 valence electrons. The first-order valence-electron chi connectivity index (χ1n) is 6.95. The third-order valence-electron chi connectivity index (χ3n) is 4.01. The predicted octanol–water partition coefficient (Wildman–Crippen LogP) is 3.92. The van der Waals surface area contributed by atoms with Crippen molar-refractivity contribution in [1.29, 1.82) is 0 Å². The number of nitrogen functional groups attached to an aromatic ring is 1. The second-order valence-corrected chi connectivity index (χ2v) is 5.57. The molecule has 3 nitrogen and oxygen atoms in total. The first-order chi connectivity index (χ1) is 9.36. The molecular formula is C14H20F3N3. The van der Waals surface area contributed by atoms with Gasteiger partial charge in [0.25, 0.3) is 0 Å². The smallest absolute Gasteiger partial charge is 0.384 e. The van der Waals surface area contributed by atoms with Crippen LogP contribution in [-0.2, 0) is 6.18 Å². The fraction of sp³-hybridized carbons (Fsp3) is 0.643. The number of pyridine rings is 1. The Bertz CT molecular complexity index is 459. The third-order valence-corrected chi connectivity index (χ3v) is 4.01. The lowest BCUT2D eigenvalue weighted by Crippen LogP contribution is -2.24. The Morgan fingerprint density at radius 1 is 1.30 bits per heavy atom. The molecule has 1 aliphatic rings. The molecule has 1 heterocycles. The number of alkyl halides is 3. The van der Waals surface area contributed by atoms with Gasteiger partial charge in [-0.15, -0.1) is 0 Å². The SMILES string of the molecule is CC1CCCCC1CNc1cc(C(F)(F)F)cc(N)n1. The van der Waals surface area contributed by atoms with Crippen LogP contribution in [0.4, 0.5) is 24.8 Å². The fourth-order valence-electron chi connectivity index (χ4n) is 2.74. The zero-order valence-electron chi connectivity index (χ0n) is 11.5. The zero-order chi connectivity index (χ0) is 14.8. The summed E-state index contributed by atoms with van der Waals surface area (Å²) in [6.45, 7) is 2.84. The summed E-state index contributed by atoms with van der Waals surface area (Å²) in [6.07, 6.45) is 0.333. The molecule has 2 rings (SSSR count). The largest absolute Gasteiger partial charge is 0.416 e. The monoisotopic (exact) mass is 287 g/mol. The highest BCUT2D eigenvalue weighted by Gasteiger charge is 2.31. The molecular weight excluding hydrogens is 267 g/mol. The third kappa shape index (κ3) is 3.77. The van der Waals surface area contributed by atoms with Crippen LogP contribution in [0.1, 0.15) is 38.2 Å². The maximum absolute atomic E-state index is 12.7. The molecule has 0 saturated heterocycles. The van der Waals surface area contributed by atoms with Crippen LogP contribution in [-0.4, -0.2) is 11.5 Å². The number of aromatic nitrogens is 1. The number of nitrogens with zero attached hydrogens (tertiary/aromatic N) is 1. The van der Waals surface area contributed by atoms with Crippen molar-refractivity contribution in [2.24, 2.45) is 11.8 Å². The first-order valence-corrected chi connectivity index (χ1v) is 6.95. The fourth-order valence-corrected chi connectivity index (χ4v) is 2.74. The van der Waals surface area contributed by atoms with Crippen LogP contribution in [0.5, 0.6) is 0 Å². The Morgan fingerprint density at radius 3 is 2.65 bits per heavy atom. The van der Waals surface area contributed by atoms with Gasteiger partial charge in [-0.3, -0.25) is 0 Å². The van der Waals surface area contributed by atoms with E-state index in [-0.39, 0.29) is 11.6 Å². The standard InChI is InChI=1S/C14H20F3N3/c1-9-4-2-3-5-10(9)8-19-13-7-11(14(15,16)17)6-12(18)20-13/h6-7,9-10H,2-5,8H2,1H3,(H3,18,19,20). The number of nitrogens with one attached hydrogen (secondary N) is 1. The van der Waals surface area contributed by atoms with Crippen molar-refractivity contribution in [3.05, 3.63) is 17.7 Å². The van der Waals surface area contributed by atoms with Crippen molar-refractivity contribution >= 4 is 11.6 Å². The highest BCUT2D eigenvalue weighted by Crippen LogP contribution is 2.32. The van der Waals surface area contributed by atoms with Crippen LogP contribution >= 0.6 is 0 Å². The van der Waals surface area contributed by atoms with Crippen LogP contribution < -0.4 is 11.1 Å². The predicted molar refractivity (Wildman–Crippen MR) is 73.3 cm³/mol. The molecule has 0 amide bonds. The zero-order valence-corrected chi connectivity index (χ0v) is 11.5. The Morgan fingerprint density at radius 2 is 2.00 bits per heavy atom. The van der Waals surface area contributed by atoms with E-state index in [2.05, 4.69) is 17.2 Å². The number of rotatable bonds is 3. The quantitative estimate of drug-likeness (QED) is 0.886. The van der Waals surface area contributed by atoms with Crippen LogP contribution in [0.25, 0.3) is 0 Å². The molecule has 20 heavy (non-hydrogen) atoms. The van der Waals surface area contributed by atoms with Crippen LogP contribution in [0.2, 0.25) is 0 Å². The van der Waals surface area contributed by atoms with Gasteiger partial charge in [-0.25, -0.2) is 4.98 Å². The average molecular weight is 287 g/mol. The molecule has 2 unspecified atom stereocenters. The summed E-state index contributed by atoms with van der Waals surface area (Å²) in [7, 11) is 0. The minimum Gasteiger partial charge on any atom is -0.384 e. The van der Waals surface area contributed by atoms with E-state index in [9.17, 15) is 13.2 Å². The molecule has 1 aromatic heterocycles. The molecule has 0 radical (unpaired) electrons. The minimum atomic E-state index is -4.40. The van der Waals surface area contributed by atoms with Gasteiger partial charge in [0, 0.05) is 6.54 Å². The van der Waals surface area contributed by atoms with E-state index in [0.29, 0.717) is 18.4 Å². The Balaban J connectivity index is 2.04. The molecule has 1 fully saturated rings. The van der Waals surface area contributed by atoms with Crippen LogP contribution in [0, 0.1) is 11.8 Å². The van der Waals surface area contributed by atoms with Crippen molar-refractivity contribution in [2.45, 2.75) is 38.8 Å². The van der Waals surface area contributed by atoms with Gasteiger partial charge in [0.1, 0.15) is 11.6 Å². The molecule has 2 atom stereocenters. The van der Waals surface area contributed by atoms with E-state index in [1.54, 1.807) is 0 Å². The van der Waals surface area contributed by atoms with E-state index in [1.807, 2.05) is 0 Å². The van der Waals surface area contributed by atoms with Crippen molar-refractivity contribution in [2.75, 3.05) is 17.6 Å². The topological polar surface area (TPSA) is 50.9 Å². The van der Waals surface area contributed by atoms with Gasteiger partial charge in [-0.05, 0) is 30.4 Å². The lowest BCUT2D eigenvalue weighted by molar-refractivity contribution is -0.137. The average Bonchev–Trinajstić information content (AvgIpc) is 2.36. The lowest BCUT2D eigenvalue weighted by Gasteiger charge is -2.29. The molecule has 0 spiro atoms. The highest BCUT2D eigenvalue weighted by atomic mass is 19.4. The summed E-state index contributed by atoms with van der Waals surface area (Å²) in [5, 5.41) is 3.01. The van der Waals surface area contributed by atoms with Gasteiger partial charge in [0.05, 0.1) is 5.56 Å². The van der Waals surface area contributed by atoms with Crippen molar-refractivity contribution in [3.63, 3.8) is 0 Å². The highest BCUT2D eigenvalue weighted by molar-refractivity contribution is 5.47.